The molecule has 1 saturated carbocycles. The second-order valence-corrected chi connectivity index (χ2v) is 4.71. The van der Waals surface area contributed by atoms with Crippen LogP contribution in [-0.2, 0) is 6.54 Å². The van der Waals surface area contributed by atoms with E-state index in [1.165, 1.54) is 12.8 Å². The maximum absolute atomic E-state index is 9.34. The number of likely N-dealkylation sites (N-methyl/N-ethyl adjacent to an activating group) is 1. The molecule has 0 bridgehead atoms. The van der Waals surface area contributed by atoms with Crippen LogP contribution in [0.5, 0.6) is 5.75 Å². The number of nitrogens with one attached hydrogen (secondary N) is 1. The van der Waals surface area contributed by atoms with Gasteiger partial charge in [0.1, 0.15) is 5.75 Å². The van der Waals surface area contributed by atoms with Crippen LogP contribution in [0, 0.1) is 0 Å². The first-order valence-corrected chi connectivity index (χ1v) is 6.52. The number of benzene rings is 1. The van der Waals surface area contributed by atoms with Crippen LogP contribution in [0.15, 0.2) is 24.3 Å². The molecule has 0 amide bonds. The number of phenols is 1. The Hall–Kier alpha value is -1.06. The molecule has 0 aromatic heterocycles. The summed E-state index contributed by atoms with van der Waals surface area (Å²) in [4.78, 5) is 2.54. The molecule has 0 atom stereocenters. The summed E-state index contributed by atoms with van der Waals surface area (Å²) in [5.41, 5.74) is 1.14. The molecule has 0 saturated heterocycles. The van der Waals surface area contributed by atoms with E-state index in [-0.39, 0.29) is 0 Å². The van der Waals surface area contributed by atoms with Crippen molar-refractivity contribution in [3.63, 3.8) is 0 Å². The minimum absolute atomic E-state index is 0.345. The highest BCUT2D eigenvalue weighted by molar-refractivity contribution is 5.26. The van der Waals surface area contributed by atoms with Gasteiger partial charge in [0.25, 0.3) is 0 Å². The van der Waals surface area contributed by atoms with Crippen LogP contribution in [0.25, 0.3) is 0 Å². The van der Waals surface area contributed by atoms with Crippen molar-refractivity contribution in [3.8, 4) is 5.75 Å². The molecule has 1 aromatic carbocycles. The molecule has 94 valence electrons. The molecule has 0 radical (unpaired) electrons. The van der Waals surface area contributed by atoms with Gasteiger partial charge in [0.05, 0.1) is 0 Å². The zero-order valence-electron chi connectivity index (χ0n) is 10.5. The van der Waals surface area contributed by atoms with Gasteiger partial charge < -0.3 is 10.4 Å². The Morgan fingerprint density at radius 3 is 2.88 bits per heavy atom. The van der Waals surface area contributed by atoms with Crippen LogP contribution in [0.4, 0.5) is 0 Å². The number of hydrogen-bond acceptors (Lipinski definition) is 3. The summed E-state index contributed by atoms with van der Waals surface area (Å²) in [6.45, 7) is 6.35. The molecule has 3 heteroatoms. The number of nitrogens with zero attached hydrogens (tertiary/aromatic N) is 1. The topological polar surface area (TPSA) is 35.5 Å². The number of rotatable bonds is 7. The molecule has 1 aliphatic rings. The monoisotopic (exact) mass is 234 g/mol. The van der Waals surface area contributed by atoms with Gasteiger partial charge in [-0.25, -0.2) is 0 Å². The summed E-state index contributed by atoms with van der Waals surface area (Å²) in [5.74, 6) is 0.345. The van der Waals surface area contributed by atoms with Crippen molar-refractivity contribution >= 4 is 0 Å². The SMILES string of the molecule is CCN(CCNCc1cccc(O)c1)C1CC1. The summed E-state index contributed by atoms with van der Waals surface area (Å²) in [5, 5.41) is 12.8. The van der Waals surface area contributed by atoms with Gasteiger partial charge in [0, 0.05) is 25.7 Å². The molecule has 17 heavy (non-hydrogen) atoms. The fourth-order valence-electron chi connectivity index (χ4n) is 2.16. The van der Waals surface area contributed by atoms with Crippen LogP contribution in [0.3, 0.4) is 0 Å². The fraction of sp³-hybridized carbons (Fsp3) is 0.571. The highest BCUT2D eigenvalue weighted by atomic mass is 16.3. The van der Waals surface area contributed by atoms with E-state index in [4.69, 9.17) is 0 Å². The Bertz CT molecular complexity index is 350. The smallest absolute Gasteiger partial charge is 0.115 e. The lowest BCUT2D eigenvalue weighted by molar-refractivity contribution is 0.277. The van der Waals surface area contributed by atoms with Gasteiger partial charge in [-0.05, 0) is 37.1 Å². The van der Waals surface area contributed by atoms with Gasteiger partial charge in [-0.1, -0.05) is 19.1 Å². The van der Waals surface area contributed by atoms with E-state index in [0.29, 0.717) is 5.75 Å². The van der Waals surface area contributed by atoms with Crippen molar-refractivity contribution in [2.45, 2.75) is 32.4 Å². The van der Waals surface area contributed by atoms with Gasteiger partial charge >= 0.3 is 0 Å². The van der Waals surface area contributed by atoms with E-state index in [1.54, 1.807) is 6.07 Å². The van der Waals surface area contributed by atoms with Crippen LogP contribution >= 0.6 is 0 Å². The van der Waals surface area contributed by atoms with Crippen LogP contribution < -0.4 is 5.32 Å². The average molecular weight is 234 g/mol. The molecule has 0 heterocycles. The molecule has 2 N–H and O–H groups in total. The molecular weight excluding hydrogens is 212 g/mol. The summed E-state index contributed by atoms with van der Waals surface area (Å²) in [6.07, 6.45) is 2.75. The highest BCUT2D eigenvalue weighted by Crippen LogP contribution is 2.25. The highest BCUT2D eigenvalue weighted by Gasteiger charge is 2.26. The molecule has 0 spiro atoms. The maximum atomic E-state index is 9.34. The third-order valence-electron chi connectivity index (χ3n) is 3.28. The summed E-state index contributed by atoms with van der Waals surface area (Å²) in [7, 11) is 0. The molecule has 0 aliphatic heterocycles. The first-order chi connectivity index (χ1) is 8.29. The Morgan fingerprint density at radius 1 is 1.41 bits per heavy atom. The predicted molar refractivity (Wildman–Crippen MR) is 70.1 cm³/mol. The quantitative estimate of drug-likeness (QED) is 0.708. The van der Waals surface area contributed by atoms with Crippen molar-refractivity contribution < 1.29 is 5.11 Å². The predicted octanol–water partition coefficient (Wildman–Crippen LogP) is 1.97. The number of phenolic OH excluding ortho intramolecular Hbond substituents is 1. The minimum atomic E-state index is 0.345. The first kappa shape index (κ1) is 12.4. The van der Waals surface area contributed by atoms with E-state index in [2.05, 4.69) is 17.1 Å². The van der Waals surface area contributed by atoms with Gasteiger partial charge in [0.2, 0.25) is 0 Å². The van der Waals surface area contributed by atoms with Crippen molar-refractivity contribution in [1.29, 1.82) is 0 Å². The first-order valence-electron chi connectivity index (χ1n) is 6.52. The van der Waals surface area contributed by atoms with Crippen molar-refractivity contribution in [2.24, 2.45) is 0 Å². The Morgan fingerprint density at radius 2 is 2.24 bits per heavy atom. The van der Waals surface area contributed by atoms with Crippen LogP contribution in [0.2, 0.25) is 0 Å². The lowest BCUT2D eigenvalue weighted by Crippen LogP contribution is -2.33. The molecule has 1 aliphatic carbocycles. The largest absolute Gasteiger partial charge is 0.508 e. The number of hydrogen-bond donors (Lipinski definition) is 2. The average Bonchev–Trinajstić information content (AvgIpc) is 3.13. The van der Waals surface area contributed by atoms with Crippen molar-refractivity contribution in [2.75, 3.05) is 19.6 Å². The lowest BCUT2D eigenvalue weighted by Gasteiger charge is -2.19. The summed E-state index contributed by atoms with van der Waals surface area (Å²) >= 11 is 0. The normalized spacial score (nSPS) is 15.4. The zero-order valence-corrected chi connectivity index (χ0v) is 10.5. The molecule has 3 nitrogen and oxygen atoms in total. The van der Waals surface area contributed by atoms with Gasteiger partial charge in [-0.2, -0.15) is 0 Å². The molecule has 0 unspecified atom stereocenters. The van der Waals surface area contributed by atoms with E-state index >= 15 is 0 Å². The van der Waals surface area contributed by atoms with E-state index < -0.39 is 0 Å². The molecular formula is C14H22N2O. The van der Waals surface area contributed by atoms with Crippen molar-refractivity contribution in [1.82, 2.24) is 10.2 Å². The lowest BCUT2D eigenvalue weighted by atomic mass is 10.2. The van der Waals surface area contributed by atoms with Gasteiger partial charge in [-0.3, -0.25) is 4.90 Å². The maximum Gasteiger partial charge on any atom is 0.115 e. The van der Waals surface area contributed by atoms with Gasteiger partial charge in [-0.15, -0.1) is 0 Å². The Kier molecular flexibility index (Phi) is 4.40. The van der Waals surface area contributed by atoms with Gasteiger partial charge in [0.15, 0.2) is 0 Å². The van der Waals surface area contributed by atoms with Crippen LogP contribution in [0.1, 0.15) is 25.3 Å². The second-order valence-electron chi connectivity index (χ2n) is 4.71. The Labute approximate surface area is 103 Å². The summed E-state index contributed by atoms with van der Waals surface area (Å²) in [6, 6.07) is 8.28. The third kappa shape index (κ3) is 4.02. The second kappa shape index (κ2) is 6.03. The van der Waals surface area contributed by atoms with E-state index in [0.717, 1.165) is 37.8 Å². The molecule has 1 aromatic rings. The zero-order chi connectivity index (χ0) is 12.1. The van der Waals surface area contributed by atoms with E-state index in [1.807, 2.05) is 18.2 Å². The van der Waals surface area contributed by atoms with E-state index in [9.17, 15) is 5.11 Å². The summed E-state index contributed by atoms with van der Waals surface area (Å²) < 4.78 is 0. The molecule has 1 fully saturated rings. The minimum Gasteiger partial charge on any atom is -0.508 e. The third-order valence-corrected chi connectivity index (χ3v) is 3.28. The fourth-order valence-corrected chi connectivity index (χ4v) is 2.16. The molecule has 2 rings (SSSR count). The van der Waals surface area contributed by atoms with Crippen molar-refractivity contribution in [3.05, 3.63) is 29.8 Å². The number of aromatic hydroxyl groups is 1. The Balaban J connectivity index is 1.65. The standard InChI is InChI=1S/C14H22N2O/c1-2-16(13-6-7-13)9-8-15-11-12-4-3-5-14(17)10-12/h3-5,10,13,15,17H,2,6-9,11H2,1H3. The van der Waals surface area contributed by atoms with Crippen LogP contribution in [-0.4, -0.2) is 35.7 Å².